The smallest absolute Gasteiger partial charge is 0.259 e. The second-order valence-electron chi connectivity index (χ2n) is 5.20. The number of rotatable bonds is 3. The molecule has 1 N–H and O–H groups in total. The van der Waals surface area contributed by atoms with E-state index in [-0.39, 0.29) is 5.91 Å². The van der Waals surface area contributed by atoms with Crippen molar-refractivity contribution < 1.29 is 9.21 Å². The molecule has 0 aliphatic carbocycles. The minimum absolute atomic E-state index is 0.266. The van der Waals surface area contributed by atoms with E-state index in [0.29, 0.717) is 43.4 Å². The van der Waals surface area contributed by atoms with Crippen molar-refractivity contribution >= 4 is 46.4 Å². The zero-order valence-electron chi connectivity index (χ0n) is 12.6. The van der Waals surface area contributed by atoms with Crippen molar-refractivity contribution in [2.24, 2.45) is 0 Å². The second kappa shape index (κ2) is 6.89. The first-order chi connectivity index (χ1) is 11.4. The maximum Gasteiger partial charge on any atom is 0.259 e. The number of furan rings is 1. The van der Waals surface area contributed by atoms with E-state index in [0.717, 1.165) is 0 Å². The van der Waals surface area contributed by atoms with Gasteiger partial charge in [-0.2, -0.15) is 0 Å². The summed E-state index contributed by atoms with van der Waals surface area (Å²) >= 11 is 17.9. The largest absolute Gasteiger partial charge is 0.461 e. The summed E-state index contributed by atoms with van der Waals surface area (Å²) in [7, 11) is 0. The first kappa shape index (κ1) is 16.9. The fraction of sp³-hybridized carbons (Fsp3) is 0.0556. The molecule has 6 heteroatoms. The normalized spacial score (nSPS) is 10.7. The van der Waals surface area contributed by atoms with Gasteiger partial charge in [-0.15, -0.1) is 0 Å². The Balaban J connectivity index is 1.88. The van der Waals surface area contributed by atoms with E-state index in [1.54, 1.807) is 55.5 Å². The number of hydrogen-bond acceptors (Lipinski definition) is 2. The third kappa shape index (κ3) is 3.75. The topological polar surface area (TPSA) is 42.2 Å². The van der Waals surface area contributed by atoms with Gasteiger partial charge >= 0.3 is 0 Å². The van der Waals surface area contributed by atoms with E-state index in [9.17, 15) is 4.79 Å². The molecule has 0 spiro atoms. The van der Waals surface area contributed by atoms with E-state index in [4.69, 9.17) is 39.2 Å². The average Bonchev–Trinajstić information content (AvgIpc) is 2.91. The van der Waals surface area contributed by atoms with Crippen molar-refractivity contribution in [3.63, 3.8) is 0 Å². The summed E-state index contributed by atoms with van der Waals surface area (Å²) in [5, 5.41) is 4.41. The lowest BCUT2D eigenvalue weighted by Crippen LogP contribution is -2.11. The summed E-state index contributed by atoms with van der Waals surface area (Å²) < 4.78 is 5.69. The molecule has 0 aliphatic heterocycles. The summed E-state index contributed by atoms with van der Waals surface area (Å²) in [6.45, 7) is 1.73. The Bertz CT molecular complexity index is 881. The number of halogens is 3. The van der Waals surface area contributed by atoms with Gasteiger partial charge < -0.3 is 9.73 Å². The molecule has 0 saturated carbocycles. The first-order valence-electron chi connectivity index (χ1n) is 7.06. The average molecular weight is 381 g/mol. The third-order valence-electron chi connectivity index (χ3n) is 3.41. The summed E-state index contributed by atoms with van der Waals surface area (Å²) in [6.07, 6.45) is 0. The molecule has 0 atom stereocenters. The Morgan fingerprint density at radius 2 is 1.54 bits per heavy atom. The SMILES string of the molecule is Cc1oc(-c2cc(Cl)cc(Cl)c2)cc1C(=O)Nc1ccc(Cl)cc1. The Hall–Kier alpha value is -1.94. The van der Waals surface area contributed by atoms with E-state index in [1.165, 1.54) is 0 Å². The van der Waals surface area contributed by atoms with Crippen LogP contribution >= 0.6 is 34.8 Å². The molecule has 0 bridgehead atoms. The Morgan fingerprint density at radius 1 is 0.917 bits per heavy atom. The molecule has 0 unspecified atom stereocenters. The number of carbonyl (C=O) groups excluding carboxylic acids is 1. The lowest BCUT2D eigenvalue weighted by molar-refractivity contribution is 0.102. The van der Waals surface area contributed by atoms with Crippen molar-refractivity contribution in [3.05, 3.63) is 74.9 Å². The molecule has 0 aliphatic rings. The Kier molecular flexibility index (Phi) is 4.86. The van der Waals surface area contributed by atoms with E-state index >= 15 is 0 Å². The Morgan fingerprint density at radius 3 is 2.17 bits per heavy atom. The second-order valence-corrected chi connectivity index (χ2v) is 6.51. The molecule has 0 fully saturated rings. The van der Waals surface area contributed by atoms with Crippen molar-refractivity contribution in [2.75, 3.05) is 5.32 Å². The molecule has 1 heterocycles. The van der Waals surface area contributed by atoms with Crippen molar-refractivity contribution in [1.82, 2.24) is 0 Å². The molecule has 0 radical (unpaired) electrons. The van der Waals surface area contributed by atoms with Crippen LogP contribution in [0.4, 0.5) is 5.69 Å². The highest BCUT2D eigenvalue weighted by molar-refractivity contribution is 6.35. The molecule has 1 aromatic heterocycles. The number of nitrogens with one attached hydrogen (secondary N) is 1. The maximum atomic E-state index is 12.4. The van der Waals surface area contributed by atoms with Gasteiger partial charge in [-0.05, 0) is 55.5 Å². The number of amides is 1. The van der Waals surface area contributed by atoms with Crippen molar-refractivity contribution in [2.45, 2.75) is 6.92 Å². The van der Waals surface area contributed by atoms with Crippen LogP contribution < -0.4 is 5.32 Å². The van der Waals surface area contributed by atoms with Crippen LogP contribution in [0.15, 0.2) is 52.9 Å². The van der Waals surface area contributed by atoms with Gasteiger partial charge in [0.15, 0.2) is 0 Å². The van der Waals surface area contributed by atoms with Gasteiger partial charge in [0.1, 0.15) is 11.5 Å². The summed E-state index contributed by atoms with van der Waals surface area (Å²) in [5.74, 6) is 0.767. The van der Waals surface area contributed by atoms with Crippen LogP contribution in [0.25, 0.3) is 11.3 Å². The van der Waals surface area contributed by atoms with Gasteiger partial charge in [-0.25, -0.2) is 0 Å². The molecule has 2 aromatic carbocycles. The highest BCUT2D eigenvalue weighted by atomic mass is 35.5. The zero-order chi connectivity index (χ0) is 17.3. The van der Waals surface area contributed by atoms with Crippen LogP contribution in [0.1, 0.15) is 16.1 Å². The highest BCUT2D eigenvalue weighted by Crippen LogP contribution is 2.30. The number of anilines is 1. The van der Waals surface area contributed by atoms with Gasteiger partial charge in [0, 0.05) is 26.3 Å². The molecular formula is C18H12Cl3NO2. The predicted molar refractivity (Wildman–Crippen MR) is 98.3 cm³/mol. The fourth-order valence-electron chi connectivity index (χ4n) is 2.28. The predicted octanol–water partition coefficient (Wildman–Crippen LogP) is 6.47. The van der Waals surface area contributed by atoms with Gasteiger partial charge in [0.05, 0.1) is 5.56 Å². The van der Waals surface area contributed by atoms with Crippen LogP contribution in [-0.4, -0.2) is 5.91 Å². The molecule has 3 nitrogen and oxygen atoms in total. The maximum absolute atomic E-state index is 12.4. The van der Waals surface area contributed by atoms with Crippen LogP contribution in [0.3, 0.4) is 0 Å². The van der Waals surface area contributed by atoms with Gasteiger partial charge in [-0.1, -0.05) is 34.8 Å². The lowest BCUT2D eigenvalue weighted by Gasteiger charge is -2.03. The highest BCUT2D eigenvalue weighted by Gasteiger charge is 2.17. The number of benzene rings is 2. The fourth-order valence-corrected chi connectivity index (χ4v) is 2.93. The quantitative estimate of drug-likeness (QED) is 0.566. The van der Waals surface area contributed by atoms with E-state index in [2.05, 4.69) is 5.32 Å². The minimum atomic E-state index is -0.266. The lowest BCUT2D eigenvalue weighted by atomic mass is 10.1. The van der Waals surface area contributed by atoms with E-state index in [1.807, 2.05) is 0 Å². The molecule has 24 heavy (non-hydrogen) atoms. The number of hydrogen-bond donors (Lipinski definition) is 1. The molecule has 1 amide bonds. The first-order valence-corrected chi connectivity index (χ1v) is 8.19. The summed E-state index contributed by atoms with van der Waals surface area (Å²) in [4.78, 5) is 12.4. The van der Waals surface area contributed by atoms with Crippen LogP contribution in [0, 0.1) is 6.92 Å². The number of aryl methyl sites for hydroxylation is 1. The van der Waals surface area contributed by atoms with Crippen LogP contribution in [0.2, 0.25) is 15.1 Å². The number of carbonyl (C=O) groups is 1. The van der Waals surface area contributed by atoms with Crippen LogP contribution in [0.5, 0.6) is 0 Å². The molecule has 3 aromatic rings. The van der Waals surface area contributed by atoms with Crippen molar-refractivity contribution in [1.29, 1.82) is 0 Å². The van der Waals surface area contributed by atoms with Gasteiger partial charge in [-0.3, -0.25) is 4.79 Å². The summed E-state index contributed by atoms with van der Waals surface area (Å²) in [5.41, 5.74) is 1.80. The molecule has 122 valence electrons. The summed E-state index contributed by atoms with van der Waals surface area (Å²) in [6, 6.07) is 13.6. The molecule has 0 saturated heterocycles. The standard InChI is InChI=1S/C18H12Cl3NO2/c1-10-16(18(23)22-15-4-2-12(19)3-5-15)9-17(24-10)11-6-13(20)8-14(21)7-11/h2-9H,1H3,(H,22,23). The third-order valence-corrected chi connectivity index (χ3v) is 4.10. The minimum Gasteiger partial charge on any atom is -0.461 e. The monoisotopic (exact) mass is 379 g/mol. The van der Waals surface area contributed by atoms with Gasteiger partial charge in [0.25, 0.3) is 5.91 Å². The van der Waals surface area contributed by atoms with E-state index < -0.39 is 0 Å². The Labute approximate surface area is 154 Å². The molecular weight excluding hydrogens is 369 g/mol. The van der Waals surface area contributed by atoms with Crippen LogP contribution in [-0.2, 0) is 0 Å². The zero-order valence-corrected chi connectivity index (χ0v) is 14.8. The van der Waals surface area contributed by atoms with Gasteiger partial charge in [0.2, 0.25) is 0 Å². The van der Waals surface area contributed by atoms with Crippen molar-refractivity contribution in [3.8, 4) is 11.3 Å². The molecule has 3 rings (SSSR count).